The molecule has 3 aromatic rings. The second kappa shape index (κ2) is 11.2. The first kappa shape index (κ1) is 28.7. The van der Waals surface area contributed by atoms with Gasteiger partial charge in [0.25, 0.3) is 5.91 Å². The maximum absolute atomic E-state index is 13.9. The van der Waals surface area contributed by atoms with Crippen LogP contribution in [0.15, 0.2) is 48.5 Å². The summed E-state index contributed by atoms with van der Waals surface area (Å²) in [6.45, 7) is 3.89. The molecule has 2 saturated carbocycles. The highest BCUT2D eigenvalue weighted by Crippen LogP contribution is 2.53. The van der Waals surface area contributed by atoms with Crippen LogP contribution in [-0.2, 0) is 10.3 Å². The van der Waals surface area contributed by atoms with Gasteiger partial charge in [0.1, 0.15) is 10.6 Å². The van der Waals surface area contributed by atoms with Crippen LogP contribution in [0, 0.1) is 11.7 Å². The summed E-state index contributed by atoms with van der Waals surface area (Å²) in [4.78, 5) is 18.2. The van der Waals surface area contributed by atoms with Gasteiger partial charge in [-0.05, 0) is 99.5 Å². The van der Waals surface area contributed by atoms with E-state index in [0.29, 0.717) is 46.1 Å². The van der Waals surface area contributed by atoms with Gasteiger partial charge in [0.2, 0.25) is 0 Å². The van der Waals surface area contributed by atoms with Crippen molar-refractivity contribution in [2.75, 3.05) is 13.7 Å². The van der Waals surface area contributed by atoms with Gasteiger partial charge in [-0.15, -0.1) is 0 Å². The Hall–Kier alpha value is -2.85. The van der Waals surface area contributed by atoms with Gasteiger partial charge in [-0.2, -0.15) is 0 Å². The molecule has 1 heterocycles. The van der Waals surface area contributed by atoms with Crippen molar-refractivity contribution in [1.29, 1.82) is 0 Å². The van der Waals surface area contributed by atoms with Crippen LogP contribution in [0.5, 0.6) is 11.5 Å². The first-order valence-electron chi connectivity index (χ1n) is 13.3. The molecule has 0 aliphatic heterocycles. The molecule has 1 amide bonds. The topological polar surface area (TPSA) is 107 Å². The van der Waals surface area contributed by atoms with E-state index >= 15 is 0 Å². The minimum Gasteiger partial charge on any atom is -0.493 e. The molecule has 2 aliphatic carbocycles. The first-order chi connectivity index (χ1) is 19.0. The zero-order valence-electron chi connectivity index (χ0n) is 22.7. The molecule has 212 valence electrons. The number of hydrogen-bond donors (Lipinski definition) is 3. The third-order valence-electron chi connectivity index (χ3n) is 7.37. The Morgan fingerprint density at radius 3 is 2.50 bits per heavy atom. The number of aromatic nitrogens is 1. The number of pyridine rings is 1. The summed E-state index contributed by atoms with van der Waals surface area (Å²) in [5.74, 6) is 0.354. The third-order valence-corrected chi connectivity index (χ3v) is 8.68. The van der Waals surface area contributed by atoms with E-state index in [1.807, 2.05) is 26.0 Å². The molecular formula is C30H33ClFN3O4S. The Kier molecular flexibility index (Phi) is 8.03. The largest absolute Gasteiger partial charge is 0.493 e. The number of halogens is 2. The molecule has 5 rings (SSSR count). The SMILES string of the molecule is COc1cc(C(=O)NCC(SO)(c2cc(C(C)(C)N)cc(-c3ccc(F)c(Cl)c3)n2)C2CC2)ccc1OC1CC1. The summed E-state index contributed by atoms with van der Waals surface area (Å²) in [5.41, 5.74) is 8.73. The molecule has 2 fully saturated rings. The van der Waals surface area contributed by atoms with Crippen LogP contribution < -0.4 is 20.5 Å². The molecular weight excluding hydrogens is 553 g/mol. The molecule has 0 saturated heterocycles. The highest BCUT2D eigenvalue weighted by atomic mass is 35.5. The summed E-state index contributed by atoms with van der Waals surface area (Å²) in [6.07, 6.45) is 3.98. The molecule has 1 unspecified atom stereocenters. The van der Waals surface area contributed by atoms with Crippen molar-refractivity contribution in [1.82, 2.24) is 10.3 Å². The van der Waals surface area contributed by atoms with Crippen LogP contribution in [0.25, 0.3) is 11.3 Å². The van der Waals surface area contributed by atoms with E-state index in [1.165, 1.54) is 12.1 Å². The lowest BCUT2D eigenvalue weighted by Gasteiger charge is -2.32. The van der Waals surface area contributed by atoms with Crippen molar-refractivity contribution >= 4 is 29.6 Å². The monoisotopic (exact) mass is 585 g/mol. The summed E-state index contributed by atoms with van der Waals surface area (Å²) >= 11 is 6.76. The van der Waals surface area contributed by atoms with Gasteiger partial charge in [-0.3, -0.25) is 9.78 Å². The number of carbonyl (C=O) groups is 1. The summed E-state index contributed by atoms with van der Waals surface area (Å²) < 4.78 is 35.1. The van der Waals surface area contributed by atoms with Crippen LogP contribution in [0.1, 0.15) is 61.1 Å². The summed E-state index contributed by atoms with van der Waals surface area (Å²) in [6, 6.07) is 13.3. The summed E-state index contributed by atoms with van der Waals surface area (Å²) in [5, 5.41) is 3.00. The van der Waals surface area contributed by atoms with Gasteiger partial charge < -0.3 is 25.1 Å². The van der Waals surface area contributed by atoms with E-state index in [0.717, 1.165) is 31.2 Å². The predicted octanol–water partition coefficient (Wildman–Crippen LogP) is 6.53. The Bertz CT molecular complexity index is 1420. The maximum Gasteiger partial charge on any atom is 0.251 e. The lowest BCUT2D eigenvalue weighted by atomic mass is 9.89. The standard InChI is InChI=1S/C30H33ClFN3O4S/c1-29(2,33)20-14-24(17-4-10-23(32)22(31)12-17)35-27(15-20)30(40-37,19-6-7-19)16-34-28(36)18-5-11-25(26(13-18)38-3)39-21-8-9-21/h4-5,10-15,19,21,37H,6-9,16,33H2,1-3H3,(H,34,36). The van der Waals surface area contributed by atoms with Crippen molar-refractivity contribution in [2.45, 2.75) is 55.9 Å². The second-order valence-corrected chi connectivity index (χ2v) is 12.4. The molecule has 1 aromatic heterocycles. The number of rotatable bonds is 11. The number of nitrogens with two attached hydrogens (primary N) is 1. The van der Waals surface area contributed by atoms with Crippen molar-refractivity contribution in [3.63, 3.8) is 0 Å². The molecule has 0 radical (unpaired) electrons. The number of methoxy groups -OCH3 is 1. The second-order valence-electron chi connectivity index (χ2n) is 11.1. The van der Waals surface area contributed by atoms with Gasteiger partial charge in [-0.1, -0.05) is 11.6 Å². The van der Waals surface area contributed by atoms with Gasteiger partial charge in [-0.25, -0.2) is 4.39 Å². The Balaban J connectivity index is 1.47. The lowest BCUT2D eigenvalue weighted by molar-refractivity contribution is 0.0947. The smallest absolute Gasteiger partial charge is 0.251 e. The van der Waals surface area contributed by atoms with E-state index in [-0.39, 0.29) is 29.5 Å². The Morgan fingerprint density at radius 1 is 1.15 bits per heavy atom. The van der Waals surface area contributed by atoms with E-state index in [2.05, 4.69) is 5.32 Å². The number of amides is 1. The van der Waals surface area contributed by atoms with Crippen LogP contribution in [0.2, 0.25) is 5.02 Å². The zero-order chi connectivity index (χ0) is 28.7. The van der Waals surface area contributed by atoms with Crippen LogP contribution in [-0.4, -0.2) is 35.2 Å². The first-order valence-corrected chi connectivity index (χ1v) is 14.4. The number of benzene rings is 2. The van der Waals surface area contributed by atoms with Crippen LogP contribution in [0.4, 0.5) is 4.39 Å². The van der Waals surface area contributed by atoms with Crippen molar-refractivity contribution < 1.29 is 23.2 Å². The number of ether oxygens (including phenoxy) is 2. The normalized spacial score (nSPS) is 16.8. The van der Waals surface area contributed by atoms with E-state index in [4.69, 9.17) is 31.8 Å². The molecule has 0 bridgehead atoms. The van der Waals surface area contributed by atoms with Gasteiger partial charge in [0.15, 0.2) is 11.5 Å². The molecule has 4 N–H and O–H groups in total. The highest BCUT2D eigenvalue weighted by molar-refractivity contribution is 7.94. The molecule has 40 heavy (non-hydrogen) atoms. The molecule has 10 heteroatoms. The fraction of sp³-hybridized carbons (Fsp3) is 0.400. The minimum absolute atomic E-state index is 0.0144. The quantitative estimate of drug-likeness (QED) is 0.220. The fourth-order valence-electron chi connectivity index (χ4n) is 4.66. The van der Waals surface area contributed by atoms with Crippen molar-refractivity contribution in [2.24, 2.45) is 11.7 Å². The predicted molar refractivity (Wildman–Crippen MR) is 155 cm³/mol. The zero-order valence-corrected chi connectivity index (χ0v) is 24.2. The van der Waals surface area contributed by atoms with E-state index in [1.54, 1.807) is 31.4 Å². The van der Waals surface area contributed by atoms with Crippen LogP contribution >= 0.6 is 23.6 Å². The van der Waals surface area contributed by atoms with Crippen molar-refractivity contribution in [3.05, 3.63) is 76.2 Å². The highest BCUT2D eigenvalue weighted by Gasteiger charge is 2.49. The third kappa shape index (κ3) is 6.07. The average molecular weight is 586 g/mol. The molecule has 2 aliphatic rings. The minimum atomic E-state index is -0.922. The molecule has 7 nitrogen and oxygen atoms in total. The molecule has 1 atom stereocenters. The van der Waals surface area contributed by atoms with E-state index < -0.39 is 16.1 Å². The number of carbonyl (C=O) groups excluding carboxylic acids is 1. The average Bonchev–Trinajstić information content (AvgIpc) is 3.86. The lowest BCUT2D eigenvalue weighted by Crippen LogP contribution is -2.41. The number of nitrogens with one attached hydrogen (secondary N) is 1. The Morgan fingerprint density at radius 2 is 1.90 bits per heavy atom. The maximum atomic E-state index is 13.9. The summed E-state index contributed by atoms with van der Waals surface area (Å²) in [7, 11) is 1.54. The molecule has 0 spiro atoms. The van der Waals surface area contributed by atoms with Gasteiger partial charge in [0, 0.05) is 35.3 Å². The number of nitrogens with zero attached hydrogens (tertiary/aromatic N) is 1. The van der Waals surface area contributed by atoms with Gasteiger partial charge in [0.05, 0.1) is 29.6 Å². The fourth-order valence-corrected chi connectivity index (χ4v) is 5.56. The van der Waals surface area contributed by atoms with Crippen LogP contribution in [0.3, 0.4) is 0 Å². The Labute approximate surface area is 242 Å². The van der Waals surface area contributed by atoms with E-state index in [9.17, 15) is 13.7 Å². The molecule has 2 aromatic carbocycles. The van der Waals surface area contributed by atoms with Gasteiger partial charge >= 0.3 is 0 Å². The van der Waals surface area contributed by atoms with Crippen molar-refractivity contribution in [3.8, 4) is 22.8 Å². The number of hydrogen-bond acceptors (Lipinski definition) is 7.